The summed E-state index contributed by atoms with van der Waals surface area (Å²) in [6.45, 7) is 5.09. The second kappa shape index (κ2) is 8.04. The summed E-state index contributed by atoms with van der Waals surface area (Å²) in [4.78, 5) is 25.6. The summed E-state index contributed by atoms with van der Waals surface area (Å²) in [5, 5.41) is 2.86. The molecule has 0 radical (unpaired) electrons. The lowest BCUT2D eigenvalue weighted by molar-refractivity contribution is -0.117. The van der Waals surface area contributed by atoms with Gasteiger partial charge in [-0.1, -0.05) is 12.1 Å². The molecule has 1 heterocycles. The Bertz CT molecular complexity index is 799. The number of hydrogen-bond donors (Lipinski definition) is 1. The van der Waals surface area contributed by atoms with Crippen molar-refractivity contribution in [3.63, 3.8) is 0 Å². The van der Waals surface area contributed by atoms with Gasteiger partial charge in [-0.3, -0.25) is 9.59 Å². The molecule has 5 heteroatoms. The fourth-order valence-corrected chi connectivity index (χ4v) is 2.99. The maximum absolute atomic E-state index is 12.1. The van der Waals surface area contributed by atoms with Gasteiger partial charge < -0.3 is 15.0 Å². The average Bonchev–Trinajstić information content (AvgIpc) is 3.05. The first-order valence-corrected chi connectivity index (χ1v) is 8.93. The smallest absolute Gasteiger partial charge is 0.227 e. The Kier molecular flexibility index (Phi) is 5.56. The van der Waals surface area contributed by atoms with E-state index in [0.29, 0.717) is 13.0 Å². The van der Waals surface area contributed by atoms with Gasteiger partial charge >= 0.3 is 0 Å². The standard InChI is InChI=1S/C21H24N2O3/c1-15-5-6-16(2)19(14-15)26-13-11-20(24)22-17-7-9-18(10-8-17)23-12-3-4-21(23)25/h5-10,14H,3-4,11-13H2,1-2H3,(H,22,24). The van der Waals surface area contributed by atoms with Gasteiger partial charge in [0.15, 0.2) is 0 Å². The molecular weight excluding hydrogens is 328 g/mol. The molecule has 2 aromatic carbocycles. The van der Waals surface area contributed by atoms with Crippen molar-refractivity contribution in [1.29, 1.82) is 0 Å². The minimum Gasteiger partial charge on any atom is -0.493 e. The molecule has 1 aliphatic heterocycles. The number of anilines is 2. The highest BCUT2D eigenvalue weighted by molar-refractivity contribution is 5.96. The molecule has 5 nitrogen and oxygen atoms in total. The van der Waals surface area contributed by atoms with Crippen LogP contribution in [0, 0.1) is 13.8 Å². The van der Waals surface area contributed by atoms with E-state index in [1.165, 1.54) is 0 Å². The van der Waals surface area contributed by atoms with E-state index >= 15 is 0 Å². The molecule has 0 aliphatic carbocycles. The summed E-state index contributed by atoms with van der Waals surface area (Å²) in [5.74, 6) is 0.878. The van der Waals surface area contributed by atoms with Crippen LogP contribution in [-0.4, -0.2) is 25.0 Å². The second-order valence-corrected chi connectivity index (χ2v) is 6.61. The van der Waals surface area contributed by atoms with Gasteiger partial charge in [-0.15, -0.1) is 0 Å². The van der Waals surface area contributed by atoms with Crippen LogP contribution in [0.3, 0.4) is 0 Å². The topological polar surface area (TPSA) is 58.6 Å². The summed E-state index contributed by atoms with van der Waals surface area (Å²) in [5.41, 5.74) is 3.79. The molecule has 1 N–H and O–H groups in total. The number of nitrogens with one attached hydrogen (secondary N) is 1. The number of ether oxygens (including phenoxy) is 1. The molecule has 2 aromatic rings. The van der Waals surface area contributed by atoms with Crippen LogP contribution in [0.15, 0.2) is 42.5 Å². The summed E-state index contributed by atoms with van der Waals surface area (Å²) in [6, 6.07) is 13.4. The highest BCUT2D eigenvalue weighted by Crippen LogP contribution is 2.23. The van der Waals surface area contributed by atoms with Crippen LogP contribution < -0.4 is 15.0 Å². The van der Waals surface area contributed by atoms with E-state index in [-0.39, 0.29) is 18.2 Å². The molecule has 0 unspecified atom stereocenters. The van der Waals surface area contributed by atoms with Gasteiger partial charge in [0, 0.05) is 24.3 Å². The first-order chi connectivity index (χ1) is 12.5. The van der Waals surface area contributed by atoms with Crippen molar-refractivity contribution < 1.29 is 14.3 Å². The molecule has 1 aliphatic rings. The predicted octanol–water partition coefficient (Wildman–Crippen LogP) is 3.84. The lowest BCUT2D eigenvalue weighted by Crippen LogP contribution is -2.23. The largest absolute Gasteiger partial charge is 0.493 e. The van der Waals surface area contributed by atoms with E-state index in [1.807, 2.05) is 56.3 Å². The molecule has 0 aromatic heterocycles. The lowest BCUT2D eigenvalue weighted by atomic mass is 10.1. The van der Waals surface area contributed by atoms with Crippen LogP contribution in [0.4, 0.5) is 11.4 Å². The van der Waals surface area contributed by atoms with Crippen molar-refractivity contribution in [1.82, 2.24) is 0 Å². The summed E-state index contributed by atoms with van der Waals surface area (Å²) in [7, 11) is 0. The molecule has 1 fully saturated rings. The minimum absolute atomic E-state index is 0.0969. The van der Waals surface area contributed by atoms with Crippen molar-refractivity contribution in [3.8, 4) is 5.75 Å². The zero-order valence-corrected chi connectivity index (χ0v) is 15.2. The maximum atomic E-state index is 12.1. The molecule has 26 heavy (non-hydrogen) atoms. The normalized spacial score (nSPS) is 13.8. The van der Waals surface area contributed by atoms with E-state index in [4.69, 9.17) is 4.74 Å². The fraction of sp³-hybridized carbons (Fsp3) is 0.333. The number of aryl methyl sites for hydroxylation is 2. The lowest BCUT2D eigenvalue weighted by Gasteiger charge is -2.16. The third kappa shape index (κ3) is 4.42. The maximum Gasteiger partial charge on any atom is 0.227 e. The van der Waals surface area contributed by atoms with Crippen LogP contribution >= 0.6 is 0 Å². The van der Waals surface area contributed by atoms with E-state index in [9.17, 15) is 9.59 Å². The van der Waals surface area contributed by atoms with Gasteiger partial charge in [-0.25, -0.2) is 0 Å². The SMILES string of the molecule is Cc1ccc(C)c(OCCC(=O)Nc2ccc(N3CCCC3=O)cc2)c1. The molecule has 0 bridgehead atoms. The third-order valence-electron chi connectivity index (χ3n) is 4.47. The highest BCUT2D eigenvalue weighted by Gasteiger charge is 2.21. The Balaban J connectivity index is 1.48. The zero-order chi connectivity index (χ0) is 18.5. The van der Waals surface area contributed by atoms with E-state index in [2.05, 4.69) is 5.32 Å². The molecule has 0 atom stereocenters. The predicted molar refractivity (Wildman–Crippen MR) is 103 cm³/mol. The van der Waals surface area contributed by atoms with Crippen molar-refractivity contribution in [2.75, 3.05) is 23.4 Å². The van der Waals surface area contributed by atoms with Gasteiger partial charge in [0.25, 0.3) is 0 Å². The van der Waals surface area contributed by atoms with Crippen molar-refractivity contribution in [2.45, 2.75) is 33.1 Å². The number of amides is 2. The first kappa shape index (κ1) is 18.0. The van der Waals surface area contributed by atoms with Crippen molar-refractivity contribution in [2.24, 2.45) is 0 Å². The monoisotopic (exact) mass is 352 g/mol. The van der Waals surface area contributed by atoms with Gasteiger partial charge in [0.05, 0.1) is 13.0 Å². The molecule has 3 rings (SSSR count). The zero-order valence-electron chi connectivity index (χ0n) is 15.2. The summed E-state index contributed by atoms with van der Waals surface area (Å²) in [6.07, 6.45) is 1.79. The van der Waals surface area contributed by atoms with Crippen LogP contribution in [0.25, 0.3) is 0 Å². The van der Waals surface area contributed by atoms with Gasteiger partial charge in [-0.05, 0) is 61.7 Å². The minimum atomic E-state index is -0.0969. The van der Waals surface area contributed by atoms with Crippen molar-refractivity contribution in [3.05, 3.63) is 53.6 Å². The Morgan fingerprint density at radius 3 is 2.62 bits per heavy atom. The number of carbonyl (C=O) groups excluding carboxylic acids is 2. The molecule has 1 saturated heterocycles. The van der Waals surface area contributed by atoms with E-state index in [0.717, 1.165) is 41.2 Å². The van der Waals surface area contributed by atoms with Crippen LogP contribution in [0.5, 0.6) is 5.75 Å². The average molecular weight is 352 g/mol. The van der Waals surface area contributed by atoms with E-state index < -0.39 is 0 Å². The highest BCUT2D eigenvalue weighted by atomic mass is 16.5. The quantitative estimate of drug-likeness (QED) is 0.859. The Morgan fingerprint density at radius 1 is 1.15 bits per heavy atom. The molecule has 0 spiro atoms. The number of hydrogen-bond acceptors (Lipinski definition) is 3. The number of benzene rings is 2. The third-order valence-corrected chi connectivity index (χ3v) is 4.47. The van der Waals surface area contributed by atoms with Crippen LogP contribution in [0.1, 0.15) is 30.4 Å². The molecule has 136 valence electrons. The molecule has 0 saturated carbocycles. The Labute approximate surface area is 154 Å². The second-order valence-electron chi connectivity index (χ2n) is 6.61. The number of rotatable bonds is 6. The molecule has 2 amide bonds. The number of carbonyl (C=O) groups is 2. The van der Waals surface area contributed by atoms with Crippen LogP contribution in [0.2, 0.25) is 0 Å². The fourth-order valence-electron chi connectivity index (χ4n) is 2.99. The number of nitrogens with zero attached hydrogens (tertiary/aromatic N) is 1. The summed E-state index contributed by atoms with van der Waals surface area (Å²) >= 11 is 0. The van der Waals surface area contributed by atoms with E-state index in [1.54, 1.807) is 4.90 Å². The summed E-state index contributed by atoms with van der Waals surface area (Å²) < 4.78 is 5.72. The van der Waals surface area contributed by atoms with Gasteiger partial charge in [0.1, 0.15) is 5.75 Å². The van der Waals surface area contributed by atoms with Gasteiger partial charge in [0.2, 0.25) is 11.8 Å². The van der Waals surface area contributed by atoms with Crippen molar-refractivity contribution >= 4 is 23.2 Å². The molecular formula is C21H24N2O3. The Morgan fingerprint density at radius 2 is 1.92 bits per heavy atom. The van der Waals surface area contributed by atoms with Gasteiger partial charge in [-0.2, -0.15) is 0 Å². The Hall–Kier alpha value is -2.82. The first-order valence-electron chi connectivity index (χ1n) is 8.93. The van der Waals surface area contributed by atoms with Crippen LogP contribution in [-0.2, 0) is 9.59 Å².